The summed E-state index contributed by atoms with van der Waals surface area (Å²) in [5.41, 5.74) is 0. The molecule has 1 N–H and O–H groups in total. The average Bonchev–Trinajstić information content (AvgIpc) is 2.39. The SMILES string of the molecule is CCOCCCNC(=O)C(C)SC1CCCCC1. The number of carbonyl (C=O) groups is 1. The number of amides is 1. The molecule has 0 aromatic heterocycles. The molecule has 1 atom stereocenters. The van der Waals surface area contributed by atoms with Gasteiger partial charge >= 0.3 is 0 Å². The third-order valence-corrected chi connectivity index (χ3v) is 4.77. The van der Waals surface area contributed by atoms with Crippen molar-refractivity contribution in [3.63, 3.8) is 0 Å². The molecule has 106 valence electrons. The number of hydrogen-bond acceptors (Lipinski definition) is 3. The van der Waals surface area contributed by atoms with E-state index in [-0.39, 0.29) is 11.2 Å². The van der Waals surface area contributed by atoms with E-state index in [2.05, 4.69) is 5.32 Å². The van der Waals surface area contributed by atoms with Gasteiger partial charge in [-0.2, -0.15) is 0 Å². The summed E-state index contributed by atoms with van der Waals surface area (Å²) in [6.45, 7) is 6.23. The van der Waals surface area contributed by atoms with Crippen LogP contribution in [0.2, 0.25) is 0 Å². The first kappa shape index (κ1) is 15.8. The summed E-state index contributed by atoms with van der Waals surface area (Å²) in [6, 6.07) is 0. The quantitative estimate of drug-likeness (QED) is 0.691. The van der Waals surface area contributed by atoms with Crippen molar-refractivity contribution in [2.45, 2.75) is 62.9 Å². The van der Waals surface area contributed by atoms with Gasteiger partial charge < -0.3 is 10.1 Å². The van der Waals surface area contributed by atoms with Crippen molar-refractivity contribution < 1.29 is 9.53 Å². The maximum atomic E-state index is 11.9. The van der Waals surface area contributed by atoms with Gasteiger partial charge in [0.2, 0.25) is 5.91 Å². The predicted molar refractivity (Wildman–Crippen MR) is 78.0 cm³/mol. The van der Waals surface area contributed by atoms with E-state index >= 15 is 0 Å². The Labute approximate surface area is 115 Å². The molecule has 1 amide bonds. The minimum absolute atomic E-state index is 0.0835. The highest BCUT2D eigenvalue weighted by molar-refractivity contribution is 8.01. The van der Waals surface area contributed by atoms with E-state index in [4.69, 9.17) is 4.74 Å². The molecule has 1 fully saturated rings. The normalized spacial score (nSPS) is 18.6. The van der Waals surface area contributed by atoms with Crippen LogP contribution in [0, 0.1) is 0 Å². The summed E-state index contributed by atoms with van der Waals surface area (Å²) in [5, 5.41) is 3.77. The molecule has 0 spiro atoms. The van der Waals surface area contributed by atoms with E-state index in [9.17, 15) is 4.79 Å². The zero-order valence-electron chi connectivity index (χ0n) is 11.7. The molecule has 0 saturated heterocycles. The zero-order chi connectivity index (χ0) is 13.2. The Morgan fingerprint density at radius 1 is 1.39 bits per heavy atom. The van der Waals surface area contributed by atoms with Crippen molar-refractivity contribution in [1.82, 2.24) is 5.32 Å². The van der Waals surface area contributed by atoms with Gasteiger partial charge in [-0.1, -0.05) is 19.3 Å². The molecule has 0 bridgehead atoms. The van der Waals surface area contributed by atoms with Crippen LogP contribution >= 0.6 is 11.8 Å². The lowest BCUT2D eigenvalue weighted by atomic mass is 10.0. The fourth-order valence-electron chi connectivity index (χ4n) is 2.23. The van der Waals surface area contributed by atoms with Crippen molar-refractivity contribution >= 4 is 17.7 Å². The van der Waals surface area contributed by atoms with Gasteiger partial charge in [0, 0.05) is 25.0 Å². The van der Waals surface area contributed by atoms with Crippen LogP contribution in [-0.4, -0.2) is 36.2 Å². The third kappa shape index (κ3) is 6.64. The predicted octanol–water partition coefficient (Wildman–Crippen LogP) is 2.98. The second kappa shape index (κ2) is 9.68. The minimum atomic E-state index is 0.0835. The summed E-state index contributed by atoms with van der Waals surface area (Å²) in [6.07, 6.45) is 7.51. The Hall–Kier alpha value is -0.220. The van der Waals surface area contributed by atoms with Crippen molar-refractivity contribution in [2.24, 2.45) is 0 Å². The Balaban J connectivity index is 2.08. The van der Waals surface area contributed by atoms with Gasteiger partial charge in [0.1, 0.15) is 0 Å². The summed E-state index contributed by atoms with van der Waals surface area (Å²) < 4.78 is 5.24. The van der Waals surface area contributed by atoms with Crippen LogP contribution in [0.3, 0.4) is 0 Å². The van der Waals surface area contributed by atoms with Gasteiger partial charge in [0.25, 0.3) is 0 Å². The molecule has 0 aliphatic heterocycles. The number of thioether (sulfide) groups is 1. The standard InChI is InChI=1S/C14H27NO2S/c1-3-17-11-7-10-15-14(16)12(2)18-13-8-5-4-6-9-13/h12-13H,3-11H2,1-2H3,(H,15,16). The van der Waals surface area contributed by atoms with Crippen LogP contribution in [0.1, 0.15) is 52.4 Å². The van der Waals surface area contributed by atoms with Crippen LogP contribution < -0.4 is 5.32 Å². The molecule has 1 aliphatic carbocycles. The number of rotatable bonds is 8. The fourth-order valence-corrected chi connectivity index (χ4v) is 3.62. The van der Waals surface area contributed by atoms with Crippen LogP contribution in [0.4, 0.5) is 0 Å². The van der Waals surface area contributed by atoms with E-state index in [0.717, 1.165) is 26.2 Å². The second-order valence-corrected chi connectivity index (χ2v) is 6.53. The van der Waals surface area contributed by atoms with Gasteiger partial charge in [-0.25, -0.2) is 0 Å². The molecule has 0 aromatic carbocycles. The fraction of sp³-hybridized carbons (Fsp3) is 0.929. The van der Waals surface area contributed by atoms with Gasteiger partial charge in [-0.05, 0) is 33.1 Å². The molecule has 0 heterocycles. The van der Waals surface area contributed by atoms with Gasteiger partial charge in [-0.15, -0.1) is 11.8 Å². The Morgan fingerprint density at radius 3 is 2.78 bits per heavy atom. The van der Waals surface area contributed by atoms with Gasteiger partial charge in [0.05, 0.1) is 5.25 Å². The van der Waals surface area contributed by atoms with Crippen molar-refractivity contribution in [2.75, 3.05) is 19.8 Å². The monoisotopic (exact) mass is 273 g/mol. The molecule has 1 aliphatic rings. The molecule has 1 unspecified atom stereocenters. The van der Waals surface area contributed by atoms with Crippen LogP contribution in [0.5, 0.6) is 0 Å². The molecule has 4 heteroatoms. The first-order valence-electron chi connectivity index (χ1n) is 7.25. The smallest absolute Gasteiger partial charge is 0.232 e. The Morgan fingerprint density at radius 2 is 2.11 bits per heavy atom. The number of nitrogens with one attached hydrogen (secondary N) is 1. The Kier molecular flexibility index (Phi) is 8.51. The maximum Gasteiger partial charge on any atom is 0.232 e. The third-order valence-electron chi connectivity index (χ3n) is 3.29. The summed E-state index contributed by atoms with van der Waals surface area (Å²) in [7, 11) is 0. The Bertz CT molecular complexity index is 230. The largest absolute Gasteiger partial charge is 0.382 e. The lowest BCUT2D eigenvalue weighted by molar-refractivity contribution is -0.120. The van der Waals surface area contributed by atoms with Gasteiger partial charge in [-0.3, -0.25) is 4.79 Å². The average molecular weight is 273 g/mol. The van der Waals surface area contributed by atoms with E-state index in [0.29, 0.717) is 5.25 Å². The topological polar surface area (TPSA) is 38.3 Å². The van der Waals surface area contributed by atoms with E-state index in [1.54, 1.807) is 0 Å². The molecule has 18 heavy (non-hydrogen) atoms. The molecule has 0 radical (unpaired) electrons. The first-order chi connectivity index (χ1) is 8.74. The molecule has 3 nitrogen and oxygen atoms in total. The highest BCUT2D eigenvalue weighted by atomic mass is 32.2. The van der Waals surface area contributed by atoms with Gasteiger partial charge in [0.15, 0.2) is 0 Å². The number of carbonyl (C=O) groups excluding carboxylic acids is 1. The number of hydrogen-bond donors (Lipinski definition) is 1. The molecular weight excluding hydrogens is 246 g/mol. The maximum absolute atomic E-state index is 11.9. The molecular formula is C14H27NO2S. The lowest BCUT2D eigenvalue weighted by Gasteiger charge is -2.23. The van der Waals surface area contributed by atoms with Crippen LogP contribution in [0.25, 0.3) is 0 Å². The highest BCUT2D eigenvalue weighted by Crippen LogP contribution is 2.30. The van der Waals surface area contributed by atoms with Crippen LogP contribution in [-0.2, 0) is 9.53 Å². The van der Waals surface area contributed by atoms with Crippen LogP contribution in [0.15, 0.2) is 0 Å². The first-order valence-corrected chi connectivity index (χ1v) is 8.19. The lowest BCUT2D eigenvalue weighted by Crippen LogP contribution is -2.33. The van der Waals surface area contributed by atoms with Crippen molar-refractivity contribution in [3.8, 4) is 0 Å². The van der Waals surface area contributed by atoms with E-state index in [1.807, 2.05) is 25.6 Å². The van der Waals surface area contributed by atoms with E-state index in [1.165, 1.54) is 32.1 Å². The molecule has 0 aromatic rings. The molecule has 1 rings (SSSR count). The summed E-state index contributed by atoms with van der Waals surface area (Å²) in [4.78, 5) is 11.9. The zero-order valence-corrected chi connectivity index (χ0v) is 12.6. The summed E-state index contributed by atoms with van der Waals surface area (Å²) in [5.74, 6) is 0.182. The number of ether oxygens (including phenoxy) is 1. The molecule has 1 saturated carbocycles. The van der Waals surface area contributed by atoms with Crippen molar-refractivity contribution in [1.29, 1.82) is 0 Å². The highest BCUT2D eigenvalue weighted by Gasteiger charge is 2.20. The second-order valence-electron chi connectivity index (χ2n) is 4.88. The minimum Gasteiger partial charge on any atom is -0.382 e. The van der Waals surface area contributed by atoms with Crippen molar-refractivity contribution in [3.05, 3.63) is 0 Å². The summed E-state index contributed by atoms with van der Waals surface area (Å²) >= 11 is 1.85. The van der Waals surface area contributed by atoms with E-state index < -0.39 is 0 Å².